The maximum absolute atomic E-state index is 13.5. The van der Waals surface area contributed by atoms with Crippen LogP contribution in [-0.4, -0.2) is 48.6 Å². The largest absolute Gasteiger partial charge is 1.00 e. The molecule has 3 aromatic rings. The van der Waals surface area contributed by atoms with Gasteiger partial charge in [-0.25, -0.2) is 4.79 Å². The number of hydrogen-bond acceptors (Lipinski definition) is 4. The smallest absolute Gasteiger partial charge is 0.415 e. The van der Waals surface area contributed by atoms with Crippen molar-refractivity contribution in [2.24, 2.45) is 5.92 Å². The van der Waals surface area contributed by atoms with Crippen molar-refractivity contribution in [3.8, 4) is 0 Å². The van der Waals surface area contributed by atoms with Crippen LogP contribution in [0.1, 0.15) is 28.1 Å². The van der Waals surface area contributed by atoms with Crippen LogP contribution in [0.4, 0.5) is 10.5 Å². The lowest BCUT2D eigenvalue weighted by molar-refractivity contribution is -0.938. The van der Waals surface area contributed by atoms with Gasteiger partial charge in [0, 0.05) is 44.7 Å². The summed E-state index contributed by atoms with van der Waals surface area (Å²) in [7, 11) is 0. The van der Waals surface area contributed by atoms with E-state index in [1.54, 1.807) is 16.2 Å². The second kappa shape index (κ2) is 11.4. The number of amides is 1. The molecule has 3 aliphatic heterocycles. The van der Waals surface area contributed by atoms with Crippen molar-refractivity contribution >= 4 is 44.8 Å². The number of ketones is 1. The van der Waals surface area contributed by atoms with Crippen LogP contribution in [0.25, 0.3) is 0 Å². The van der Waals surface area contributed by atoms with E-state index in [1.807, 2.05) is 72.1 Å². The molecule has 1 atom stereocenters. The van der Waals surface area contributed by atoms with E-state index >= 15 is 0 Å². The number of hydrogen-bond donors (Lipinski definition) is 0. The fourth-order valence-electron chi connectivity index (χ4n) is 5.25. The second-order valence-electron chi connectivity index (χ2n) is 9.33. The van der Waals surface area contributed by atoms with Crippen LogP contribution < -0.4 is 21.9 Å². The first-order chi connectivity index (χ1) is 16.5. The van der Waals surface area contributed by atoms with E-state index in [0.717, 1.165) is 46.5 Å². The van der Waals surface area contributed by atoms with Crippen molar-refractivity contribution < 1.29 is 35.8 Å². The van der Waals surface area contributed by atoms with Crippen LogP contribution in [0, 0.1) is 5.92 Å². The molecular weight excluding hydrogens is 592 g/mol. The van der Waals surface area contributed by atoms with Crippen molar-refractivity contribution in [3.05, 3.63) is 87.0 Å². The number of Topliss-reactive ketones (excluding diaryl/α,β-unsaturated/α-hetero) is 1. The fraction of sp³-hybridized carbons (Fsp3) is 0.333. The van der Waals surface area contributed by atoms with E-state index in [1.165, 1.54) is 0 Å². The Morgan fingerprint density at radius 1 is 1.03 bits per heavy atom. The van der Waals surface area contributed by atoms with E-state index in [-0.39, 0.29) is 35.0 Å². The molecule has 2 aromatic carbocycles. The lowest BCUT2D eigenvalue weighted by Crippen LogP contribution is -3.00. The molecule has 3 saturated heterocycles. The Kier molecular flexibility index (Phi) is 8.47. The van der Waals surface area contributed by atoms with Gasteiger partial charge >= 0.3 is 6.09 Å². The summed E-state index contributed by atoms with van der Waals surface area (Å²) in [5, 5.41) is 2.02. The molecule has 0 aliphatic carbocycles. The Hall–Kier alpha value is -2.00. The molecule has 6 rings (SSSR count). The standard InChI is InChI=1S/C27H28BrN2O3S.BrH/c28-22-15-24(34-19-22)16-29(23-9-5-2-6-10-23)27(32)33-26-18-30(13-11-21(26)12-14-30)17-25(31)20-7-3-1-4-8-20;/h1-10,15,19,21,26H,11-14,16-18H2;1H/q+1;/p-1/t21?,26-,30?;/m0./s1. The summed E-state index contributed by atoms with van der Waals surface area (Å²) < 4.78 is 7.91. The van der Waals surface area contributed by atoms with Gasteiger partial charge in [-0.1, -0.05) is 48.5 Å². The number of ether oxygens (including phenoxy) is 1. The van der Waals surface area contributed by atoms with Crippen molar-refractivity contribution in [1.82, 2.24) is 0 Å². The Morgan fingerprint density at radius 3 is 2.31 bits per heavy atom. The molecule has 3 fully saturated rings. The van der Waals surface area contributed by atoms with E-state index in [0.29, 0.717) is 30.0 Å². The molecule has 0 saturated carbocycles. The van der Waals surface area contributed by atoms with Crippen molar-refractivity contribution in [2.45, 2.75) is 25.5 Å². The van der Waals surface area contributed by atoms with Gasteiger partial charge in [0.15, 0.2) is 6.10 Å². The number of quaternary nitrogens is 1. The highest BCUT2D eigenvalue weighted by atomic mass is 79.9. The quantitative estimate of drug-likeness (QED) is 0.302. The first-order valence-corrected chi connectivity index (χ1v) is 13.4. The molecule has 35 heavy (non-hydrogen) atoms. The van der Waals surface area contributed by atoms with E-state index in [2.05, 4.69) is 15.9 Å². The minimum atomic E-state index is -0.318. The zero-order valence-electron chi connectivity index (χ0n) is 19.3. The first-order valence-electron chi connectivity index (χ1n) is 11.7. The van der Waals surface area contributed by atoms with Crippen molar-refractivity contribution in [1.29, 1.82) is 0 Å². The number of halogens is 2. The molecule has 4 heterocycles. The number of carbonyl (C=O) groups excluding carboxylic acids is 2. The summed E-state index contributed by atoms with van der Waals surface area (Å²) in [5.74, 6) is 0.532. The highest BCUT2D eigenvalue weighted by Crippen LogP contribution is 2.36. The molecule has 0 N–H and O–H groups in total. The summed E-state index contributed by atoms with van der Waals surface area (Å²) >= 11 is 5.12. The summed E-state index contributed by atoms with van der Waals surface area (Å²) in [5.41, 5.74) is 1.58. The van der Waals surface area contributed by atoms with Crippen LogP contribution >= 0.6 is 27.3 Å². The predicted octanol–water partition coefficient (Wildman–Crippen LogP) is 3.15. The molecule has 0 spiro atoms. The number of anilines is 1. The summed E-state index contributed by atoms with van der Waals surface area (Å²) in [4.78, 5) is 29.3. The maximum Gasteiger partial charge on any atom is 0.415 e. The number of carbonyl (C=O) groups is 2. The minimum absolute atomic E-state index is 0. The summed E-state index contributed by atoms with van der Waals surface area (Å²) in [6.07, 6.45) is 1.49. The lowest BCUT2D eigenvalue weighted by Gasteiger charge is -2.51. The number of rotatable bonds is 7. The molecule has 8 heteroatoms. The van der Waals surface area contributed by atoms with E-state index in [9.17, 15) is 9.59 Å². The average Bonchev–Trinajstić information content (AvgIpc) is 3.28. The lowest BCUT2D eigenvalue weighted by atomic mass is 9.83. The third-order valence-corrected chi connectivity index (χ3v) is 8.77. The molecule has 5 nitrogen and oxygen atoms in total. The first kappa shape index (κ1) is 26.1. The topological polar surface area (TPSA) is 46.6 Å². The van der Waals surface area contributed by atoms with Gasteiger partial charge in [-0.2, -0.15) is 0 Å². The number of para-hydroxylation sites is 1. The molecule has 1 amide bonds. The van der Waals surface area contributed by atoms with Gasteiger partial charge in [0.1, 0.15) is 13.1 Å². The monoisotopic (exact) mass is 618 g/mol. The average molecular weight is 620 g/mol. The van der Waals surface area contributed by atoms with Gasteiger partial charge in [0.05, 0.1) is 19.6 Å². The maximum atomic E-state index is 13.5. The molecule has 1 aromatic heterocycles. The highest BCUT2D eigenvalue weighted by molar-refractivity contribution is 9.10. The van der Waals surface area contributed by atoms with Crippen molar-refractivity contribution in [3.63, 3.8) is 0 Å². The zero-order chi connectivity index (χ0) is 23.5. The van der Waals surface area contributed by atoms with Crippen LogP contribution in [0.15, 0.2) is 76.6 Å². The summed E-state index contributed by atoms with van der Waals surface area (Å²) in [6, 6.07) is 21.2. The van der Waals surface area contributed by atoms with Gasteiger partial charge in [0.25, 0.3) is 0 Å². The third-order valence-electron chi connectivity index (χ3n) is 7.09. The van der Waals surface area contributed by atoms with E-state index in [4.69, 9.17) is 4.74 Å². The Morgan fingerprint density at radius 2 is 1.69 bits per heavy atom. The second-order valence-corrected chi connectivity index (χ2v) is 11.2. The number of nitrogens with zero attached hydrogens (tertiary/aromatic N) is 2. The van der Waals surface area contributed by atoms with Gasteiger partial charge in [-0.15, -0.1) is 11.3 Å². The van der Waals surface area contributed by atoms with Crippen LogP contribution in [0.3, 0.4) is 0 Å². The minimum Gasteiger partial charge on any atom is -1.00 e. The molecule has 0 unspecified atom stereocenters. The van der Waals surface area contributed by atoms with Gasteiger partial charge < -0.3 is 26.2 Å². The van der Waals surface area contributed by atoms with Crippen LogP contribution in [0.5, 0.6) is 0 Å². The van der Waals surface area contributed by atoms with Gasteiger partial charge in [-0.05, 0) is 34.1 Å². The van der Waals surface area contributed by atoms with Crippen LogP contribution in [0.2, 0.25) is 0 Å². The Balaban J connectivity index is 0.00000289. The molecular formula is C27H28Br2N2O3S. The van der Waals surface area contributed by atoms with Gasteiger partial charge in [0.2, 0.25) is 5.78 Å². The zero-order valence-corrected chi connectivity index (χ0v) is 23.3. The van der Waals surface area contributed by atoms with E-state index < -0.39 is 0 Å². The number of fused-ring (bicyclic) bond motifs is 3. The summed E-state index contributed by atoms with van der Waals surface area (Å²) in [6.45, 7) is 3.59. The Labute approximate surface area is 229 Å². The number of benzene rings is 2. The Bertz CT molecular complexity index is 1150. The normalized spacial score (nSPS) is 22.8. The van der Waals surface area contributed by atoms with Gasteiger partial charge in [-0.3, -0.25) is 9.69 Å². The molecule has 0 radical (unpaired) electrons. The molecule has 3 aliphatic rings. The fourth-order valence-corrected chi connectivity index (χ4v) is 6.69. The number of piperidine rings is 3. The molecule has 2 bridgehead atoms. The number of thiophene rings is 1. The predicted molar refractivity (Wildman–Crippen MR) is 138 cm³/mol. The third kappa shape index (κ3) is 6.05. The molecule has 184 valence electrons. The van der Waals surface area contributed by atoms with Crippen molar-refractivity contribution in [2.75, 3.05) is 31.1 Å². The SMILES string of the molecule is O=C(C[N+]12CCC(CC1)[C@@H](OC(=O)N(Cc1cc(Br)cs1)c1ccccc1)C2)c1ccccc1.[Br-]. The highest BCUT2D eigenvalue weighted by Gasteiger charge is 2.48. The van der Waals surface area contributed by atoms with Crippen LogP contribution in [-0.2, 0) is 11.3 Å².